The number of ether oxygens (including phenoxy) is 3. The van der Waals surface area contributed by atoms with Crippen molar-refractivity contribution in [1.29, 1.82) is 0 Å². The van der Waals surface area contributed by atoms with Gasteiger partial charge in [0.25, 0.3) is 5.91 Å². The van der Waals surface area contributed by atoms with Gasteiger partial charge in [0, 0.05) is 22.3 Å². The number of carbonyl (C=O) groups is 1. The number of carbonyl (C=O) groups excluding carboxylic acids is 1. The van der Waals surface area contributed by atoms with Crippen molar-refractivity contribution in [1.82, 2.24) is 14.8 Å². The quantitative estimate of drug-likeness (QED) is 0.417. The molecule has 31 heavy (non-hydrogen) atoms. The van der Waals surface area contributed by atoms with E-state index in [0.29, 0.717) is 28.5 Å². The van der Waals surface area contributed by atoms with Gasteiger partial charge in [0.2, 0.25) is 5.75 Å². The van der Waals surface area contributed by atoms with E-state index < -0.39 is 0 Å². The van der Waals surface area contributed by atoms with Gasteiger partial charge in [0.15, 0.2) is 23.9 Å². The van der Waals surface area contributed by atoms with E-state index in [0.717, 1.165) is 9.86 Å². The number of hydrogen-bond donors (Lipinski definition) is 1. The van der Waals surface area contributed by atoms with Crippen molar-refractivity contribution in [3.8, 4) is 17.2 Å². The number of amides is 1. The van der Waals surface area contributed by atoms with Crippen LogP contribution in [0.25, 0.3) is 10.9 Å². The molecule has 1 N–H and O–H groups in total. The highest BCUT2D eigenvalue weighted by atomic mass is 79.9. The Morgan fingerprint density at radius 3 is 2.58 bits per heavy atom. The molecule has 2 aromatic heterocycles. The van der Waals surface area contributed by atoms with Gasteiger partial charge in [-0.3, -0.25) is 9.78 Å². The number of fused-ring (bicyclic) bond motifs is 1. The molecule has 1 amide bonds. The topological polar surface area (TPSA) is 87.5 Å². The second kappa shape index (κ2) is 9.05. The standard InChI is InChI=1S/C22H19BrN4O4/c1-29-18-6-3-7-19(30-2)21(18)31-13-27-12-10-17(26-27)22(28)25-16-9-8-15(23)14-5-4-11-24-20(14)16/h3-12H,13H2,1-2H3,(H,25,28). The van der Waals surface area contributed by atoms with Crippen molar-refractivity contribution in [3.05, 3.63) is 71.1 Å². The van der Waals surface area contributed by atoms with Crippen LogP contribution in [0.5, 0.6) is 17.2 Å². The van der Waals surface area contributed by atoms with E-state index in [1.807, 2.05) is 24.3 Å². The molecule has 2 heterocycles. The summed E-state index contributed by atoms with van der Waals surface area (Å²) in [5, 5.41) is 8.08. The number of anilines is 1. The minimum atomic E-state index is -0.345. The van der Waals surface area contributed by atoms with Crippen LogP contribution in [0.15, 0.2) is 65.4 Å². The van der Waals surface area contributed by atoms with Crippen LogP contribution in [0.2, 0.25) is 0 Å². The summed E-state index contributed by atoms with van der Waals surface area (Å²) in [6, 6.07) is 14.4. The average molecular weight is 483 g/mol. The third-order valence-electron chi connectivity index (χ3n) is 4.56. The van der Waals surface area contributed by atoms with Crippen LogP contribution >= 0.6 is 15.9 Å². The zero-order valence-electron chi connectivity index (χ0n) is 16.8. The number of para-hydroxylation sites is 1. The average Bonchev–Trinajstić information content (AvgIpc) is 3.28. The van der Waals surface area contributed by atoms with Gasteiger partial charge in [0.1, 0.15) is 0 Å². The molecule has 0 radical (unpaired) electrons. The SMILES string of the molecule is COc1cccc(OC)c1OCn1ccc(C(=O)Nc2ccc(Br)c3cccnc23)n1. The molecule has 0 atom stereocenters. The highest BCUT2D eigenvalue weighted by molar-refractivity contribution is 9.10. The molecular formula is C22H19BrN4O4. The summed E-state index contributed by atoms with van der Waals surface area (Å²) in [6.45, 7) is 0.0762. The first-order valence-electron chi connectivity index (χ1n) is 9.32. The van der Waals surface area contributed by atoms with Gasteiger partial charge < -0.3 is 19.5 Å². The molecule has 0 aliphatic heterocycles. The monoisotopic (exact) mass is 482 g/mol. The summed E-state index contributed by atoms with van der Waals surface area (Å²) < 4.78 is 18.9. The van der Waals surface area contributed by atoms with Crippen LogP contribution < -0.4 is 19.5 Å². The fraction of sp³-hybridized carbons (Fsp3) is 0.136. The van der Waals surface area contributed by atoms with Crippen LogP contribution in [-0.4, -0.2) is 34.9 Å². The van der Waals surface area contributed by atoms with Gasteiger partial charge in [0.05, 0.1) is 25.4 Å². The molecule has 4 rings (SSSR count). The third kappa shape index (κ3) is 4.31. The summed E-state index contributed by atoms with van der Waals surface area (Å²) in [5.74, 6) is 1.20. The number of halogens is 1. The third-order valence-corrected chi connectivity index (χ3v) is 5.25. The number of rotatable bonds is 7. The molecule has 0 saturated heterocycles. The normalized spacial score (nSPS) is 10.7. The number of pyridine rings is 1. The Hall–Kier alpha value is -3.59. The summed E-state index contributed by atoms with van der Waals surface area (Å²) in [5.41, 5.74) is 1.55. The molecule has 0 spiro atoms. The van der Waals surface area contributed by atoms with E-state index in [-0.39, 0.29) is 18.3 Å². The second-order valence-corrected chi connectivity index (χ2v) is 7.31. The first kappa shape index (κ1) is 20.7. The second-order valence-electron chi connectivity index (χ2n) is 6.45. The zero-order valence-corrected chi connectivity index (χ0v) is 18.4. The number of methoxy groups -OCH3 is 2. The molecule has 8 nitrogen and oxygen atoms in total. The van der Waals surface area contributed by atoms with Crippen molar-refractivity contribution in [2.45, 2.75) is 6.73 Å². The van der Waals surface area contributed by atoms with E-state index in [4.69, 9.17) is 14.2 Å². The molecule has 0 aliphatic rings. The predicted molar refractivity (Wildman–Crippen MR) is 120 cm³/mol. The molecule has 0 unspecified atom stereocenters. The van der Waals surface area contributed by atoms with Gasteiger partial charge in [-0.1, -0.05) is 28.1 Å². The molecular weight excluding hydrogens is 464 g/mol. The van der Waals surface area contributed by atoms with E-state index in [1.165, 1.54) is 4.68 Å². The Morgan fingerprint density at radius 2 is 1.84 bits per heavy atom. The molecule has 4 aromatic rings. The lowest BCUT2D eigenvalue weighted by molar-refractivity contribution is 0.102. The van der Waals surface area contributed by atoms with Crippen LogP contribution in [0.3, 0.4) is 0 Å². The van der Waals surface area contributed by atoms with Gasteiger partial charge in [-0.2, -0.15) is 5.10 Å². The van der Waals surface area contributed by atoms with E-state index >= 15 is 0 Å². The van der Waals surface area contributed by atoms with Gasteiger partial charge in [-0.25, -0.2) is 4.68 Å². The first-order valence-corrected chi connectivity index (χ1v) is 10.1. The van der Waals surface area contributed by atoms with Crippen molar-refractivity contribution in [2.75, 3.05) is 19.5 Å². The lowest BCUT2D eigenvalue weighted by Crippen LogP contribution is -2.15. The van der Waals surface area contributed by atoms with Crippen molar-refractivity contribution in [3.63, 3.8) is 0 Å². The molecule has 0 fully saturated rings. The number of nitrogens with zero attached hydrogens (tertiary/aromatic N) is 3. The molecule has 0 aliphatic carbocycles. The summed E-state index contributed by atoms with van der Waals surface area (Å²) in [7, 11) is 3.11. The summed E-state index contributed by atoms with van der Waals surface area (Å²) in [4.78, 5) is 17.1. The van der Waals surface area contributed by atoms with Crippen molar-refractivity contribution < 1.29 is 19.0 Å². The van der Waals surface area contributed by atoms with Crippen LogP contribution in [0.4, 0.5) is 5.69 Å². The van der Waals surface area contributed by atoms with Crippen molar-refractivity contribution in [2.24, 2.45) is 0 Å². The maximum absolute atomic E-state index is 12.7. The lowest BCUT2D eigenvalue weighted by atomic mass is 10.2. The largest absolute Gasteiger partial charge is 0.493 e. The fourth-order valence-electron chi connectivity index (χ4n) is 3.07. The Bertz CT molecular complexity index is 1220. The van der Waals surface area contributed by atoms with Gasteiger partial charge in [-0.15, -0.1) is 0 Å². The molecule has 9 heteroatoms. The van der Waals surface area contributed by atoms with Gasteiger partial charge >= 0.3 is 0 Å². The minimum Gasteiger partial charge on any atom is -0.493 e. The van der Waals surface area contributed by atoms with E-state index in [2.05, 4.69) is 31.3 Å². The Balaban J connectivity index is 1.49. The fourth-order valence-corrected chi connectivity index (χ4v) is 3.52. The Labute approximate surface area is 186 Å². The number of nitrogens with one attached hydrogen (secondary N) is 1. The van der Waals surface area contributed by atoms with E-state index in [9.17, 15) is 4.79 Å². The Kier molecular flexibility index (Phi) is 6.03. The summed E-state index contributed by atoms with van der Waals surface area (Å²) in [6.07, 6.45) is 3.34. The smallest absolute Gasteiger partial charge is 0.276 e. The summed E-state index contributed by atoms with van der Waals surface area (Å²) >= 11 is 3.50. The molecule has 0 bridgehead atoms. The number of hydrogen-bond acceptors (Lipinski definition) is 6. The highest BCUT2D eigenvalue weighted by Gasteiger charge is 2.15. The van der Waals surface area contributed by atoms with Crippen LogP contribution in [0.1, 0.15) is 10.5 Å². The van der Waals surface area contributed by atoms with Crippen molar-refractivity contribution >= 4 is 38.4 Å². The minimum absolute atomic E-state index is 0.0762. The maximum atomic E-state index is 12.7. The molecule has 2 aromatic carbocycles. The lowest BCUT2D eigenvalue weighted by Gasteiger charge is -2.13. The van der Waals surface area contributed by atoms with Crippen LogP contribution in [-0.2, 0) is 6.73 Å². The van der Waals surface area contributed by atoms with Crippen LogP contribution in [0, 0.1) is 0 Å². The molecule has 0 saturated carbocycles. The maximum Gasteiger partial charge on any atom is 0.276 e. The predicted octanol–water partition coefficient (Wildman–Crippen LogP) is 4.50. The first-order chi connectivity index (χ1) is 15.1. The zero-order chi connectivity index (χ0) is 21.8. The number of benzene rings is 2. The van der Waals surface area contributed by atoms with E-state index in [1.54, 1.807) is 50.9 Å². The Morgan fingerprint density at radius 1 is 1.06 bits per heavy atom. The highest BCUT2D eigenvalue weighted by Crippen LogP contribution is 2.37. The van der Waals surface area contributed by atoms with Gasteiger partial charge in [-0.05, 0) is 36.4 Å². The number of aromatic nitrogens is 3. The molecule has 158 valence electrons.